The number of hydrogen-bond acceptors (Lipinski definition) is 6. The quantitative estimate of drug-likeness (QED) is 0.509. The SMILES string of the molecule is COc1ccccc1NC(=O)CSc1nnc(-c2ccccc2F)n1N. The van der Waals surface area contributed by atoms with Crippen LogP contribution in [0.2, 0.25) is 0 Å². The van der Waals surface area contributed by atoms with Crippen LogP contribution in [0.3, 0.4) is 0 Å². The Bertz CT molecular complexity index is 931. The number of nitrogen functional groups attached to an aromatic ring is 1. The Balaban J connectivity index is 1.67. The van der Waals surface area contributed by atoms with Gasteiger partial charge in [0.25, 0.3) is 0 Å². The number of nitrogens with two attached hydrogens (primary N) is 1. The third-order valence-corrected chi connectivity index (χ3v) is 4.44. The van der Waals surface area contributed by atoms with E-state index in [0.29, 0.717) is 16.6 Å². The molecule has 3 N–H and O–H groups in total. The number of methoxy groups -OCH3 is 1. The molecule has 0 radical (unpaired) electrons. The fourth-order valence-electron chi connectivity index (χ4n) is 2.27. The number of nitrogens with one attached hydrogen (secondary N) is 1. The molecule has 1 amide bonds. The lowest BCUT2D eigenvalue weighted by atomic mass is 10.2. The van der Waals surface area contributed by atoms with Crippen LogP contribution in [-0.2, 0) is 4.79 Å². The largest absolute Gasteiger partial charge is 0.495 e. The van der Waals surface area contributed by atoms with Gasteiger partial charge in [0.15, 0.2) is 5.82 Å². The summed E-state index contributed by atoms with van der Waals surface area (Å²) in [5, 5.41) is 10.9. The van der Waals surface area contributed by atoms with Crippen molar-refractivity contribution < 1.29 is 13.9 Å². The van der Waals surface area contributed by atoms with Crippen LogP contribution < -0.4 is 15.9 Å². The van der Waals surface area contributed by atoms with Crippen molar-refractivity contribution in [3.63, 3.8) is 0 Å². The number of carbonyl (C=O) groups excluding carboxylic acids is 1. The van der Waals surface area contributed by atoms with E-state index in [1.165, 1.54) is 17.9 Å². The number of ether oxygens (including phenoxy) is 1. The van der Waals surface area contributed by atoms with Gasteiger partial charge in [0.05, 0.1) is 24.1 Å². The number of anilines is 1. The van der Waals surface area contributed by atoms with E-state index in [9.17, 15) is 9.18 Å². The van der Waals surface area contributed by atoms with Crippen molar-refractivity contribution in [2.75, 3.05) is 24.0 Å². The van der Waals surface area contributed by atoms with Crippen molar-refractivity contribution in [3.8, 4) is 17.1 Å². The molecule has 0 saturated heterocycles. The minimum Gasteiger partial charge on any atom is -0.495 e. The second kappa shape index (κ2) is 7.87. The predicted octanol–water partition coefficient (Wildman–Crippen LogP) is 2.54. The summed E-state index contributed by atoms with van der Waals surface area (Å²) in [7, 11) is 1.53. The molecule has 3 rings (SSSR count). The molecule has 1 aromatic heterocycles. The van der Waals surface area contributed by atoms with Gasteiger partial charge in [0.2, 0.25) is 11.1 Å². The molecule has 0 saturated carbocycles. The maximum atomic E-state index is 13.9. The van der Waals surface area contributed by atoms with Gasteiger partial charge in [-0.15, -0.1) is 10.2 Å². The first-order valence-electron chi connectivity index (χ1n) is 7.61. The van der Waals surface area contributed by atoms with E-state index in [1.807, 2.05) is 6.07 Å². The monoisotopic (exact) mass is 373 g/mol. The van der Waals surface area contributed by atoms with E-state index < -0.39 is 5.82 Å². The average molecular weight is 373 g/mol. The summed E-state index contributed by atoms with van der Waals surface area (Å²) in [5.41, 5.74) is 0.815. The molecule has 9 heteroatoms. The molecular formula is C17H16FN5O2S. The number of rotatable bonds is 6. The second-order valence-electron chi connectivity index (χ2n) is 5.19. The van der Waals surface area contributed by atoms with Crippen LogP contribution in [0, 0.1) is 5.82 Å². The van der Waals surface area contributed by atoms with Crippen molar-refractivity contribution >= 4 is 23.4 Å². The van der Waals surface area contributed by atoms with Crippen LogP contribution in [0.25, 0.3) is 11.4 Å². The van der Waals surface area contributed by atoms with Gasteiger partial charge in [-0.25, -0.2) is 9.07 Å². The summed E-state index contributed by atoms with van der Waals surface area (Å²) in [6.07, 6.45) is 0. The molecule has 0 atom stereocenters. The number of halogens is 1. The zero-order chi connectivity index (χ0) is 18.5. The van der Waals surface area contributed by atoms with E-state index in [4.69, 9.17) is 10.6 Å². The Morgan fingerprint density at radius 2 is 1.96 bits per heavy atom. The fourth-order valence-corrected chi connectivity index (χ4v) is 2.92. The third-order valence-electron chi connectivity index (χ3n) is 3.49. The molecule has 0 aliphatic carbocycles. The number of carbonyl (C=O) groups is 1. The number of nitrogens with zero attached hydrogens (tertiary/aromatic N) is 3. The maximum Gasteiger partial charge on any atom is 0.234 e. The number of amides is 1. The van der Waals surface area contributed by atoms with Crippen LogP contribution in [0.4, 0.5) is 10.1 Å². The van der Waals surface area contributed by atoms with E-state index in [-0.39, 0.29) is 23.0 Å². The minimum absolute atomic E-state index is 0.0602. The lowest BCUT2D eigenvalue weighted by molar-refractivity contribution is -0.113. The van der Waals surface area contributed by atoms with Gasteiger partial charge < -0.3 is 15.9 Å². The van der Waals surface area contributed by atoms with E-state index in [0.717, 1.165) is 11.8 Å². The molecule has 7 nitrogen and oxygen atoms in total. The first-order chi connectivity index (χ1) is 12.6. The summed E-state index contributed by atoms with van der Waals surface area (Å²) in [4.78, 5) is 12.2. The number of hydrogen-bond donors (Lipinski definition) is 2. The van der Waals surface area contributed by atoms with Crippen molar-refractivity contribution in [1.82, 2.24) is 14.9 Å². The van der Waals surface area contributed by atoms with Gasteiger partial charge in [-0.05, 0) is 24.3 Å². The topological polar surface area (TPSA) is 95.1 Å². The van der Waals surface area contributed by atoms with Crippen molar-refractivity contribution in [2.24, 2.45) is 0 Å². The number of benzene rings is 2. The van der Waals surface area contributed by atoms with Gasteiger partial charge in [0, 0.05) is 0 Å². The Kier molecular flexibility index (Phi) is 5.37. The standard InChI is InChI=1S/C17H16FN5O2S/c1-25-14-9-5-4-8-13(14)20-15(24)10-26-17-22-21-16(23(17)19)11-6-2-3-7-12(11)18/h2-9H,10,19H2,1H3,(H,20,24). The Hall–Kier alpha value is -3.07. The lowest BCUT2D eigenvalue weighted by Gasteiger charge is -2.09. The molecule has 2 aromatic carbocycles. The minimum atomic E-state index is -0.447. The summed E-state index contributed by atoms with van der Waals surface area (Å²) in [5.74, 6) is 6.05. The Morgan fingerprint density at radius 1 is 1.23 bits per heavy atom. The first-order valence-corrected chi connectivity index (χ1v) is 8.59. The third kappa shape index (κ3) is 3.77. The van der Waals surface area contributed by atoms with Crippen molar-refractivity contribution in [2.45, 2.75) is 5.16 Å². The van der Waals surface area contributed by atoms with Gasteiger partial charge >= 0.3 is 0 Å². The molecule has 0 fully saturated rings. The summed E-state index contributed by atoms with van der Waals surface area (Å²) in [6.45, 7) is 0. The van der Waals surface area contributed by atoms with Gasteiger partial charge in [-0.1, -0.05) is 36.0 Å². The molecular weight excluding hydrogens is 357 g/mol. The summed E-state index contributed by atoms with van der Waals surface area (Å²) < 4.78 is 20.2. The van der Waals surface area contributed by atoms with E-state index >= 15 is 0 Å². The highest BCUT2D eigenvalue weighted by molar-refractivity contribution is 7.99. The van der Waals surface area contributed by atoms with Crippen LogP contribution in [0.5, 0.6) is 5.75 Å². The summed E-state index contributed by atoms with van der Waals surface area (Å²) in [6, 6.07) is 13.2. The smallest absolute Gasteiger partial charge is 0.234 e. The predicted molar refractivity (Wildman–Crippen MR) is 97.9 cm³/mol. The molecule has 3 aromatic rings. The van der Waals surface area contributed by atoms with Gasteiger partial charge in [-0.3, -0.25) is 4.79 Å². The normalized spacial score (nSPS) is 10.5. The van der Waals surface area contributed by atoms with Gasteiger partial charge in [-0.2, -0.15) is 0 Å². The Labute approximate surface area is 153 Å². The summed E-state index contributed by atoms with van der Waals surface area (Å²) >= 11 is 1.10. The molecule has 0 aliphatic heterocycles. The highest BCUT2D eigenvalue weighted by atomic mass is 32.2. The fraction of sp³-hybridized carbons (Fsp3) is 0.118. The maximum absolute atomic E-state index is 13.9. The zero-order valence-corrected chi connectivity index (χ0v) is 14.7. The van der Waals surface area contributed by atoms with E-state index in [2.05, 4.69) is 15.5 Å². The van der Waals surface area contributed by atoms with Crippen molar-refractivity contribution in [1.29, 1.82) is 0 Å². The highest BCUT2D eigenvalue weighted by Gasteiger charge is 2.16. The zero-order valence-electron chi connectivity index (χ0n) is 13.8. The van der Waals surface area contributed by atoms with Crippen LogP contribution in [0.15, 0.2) is 53.7 Å². The lowest BCUT2D eigenvalue weighted by Crippen LogP contribution is -2.17. The number of para-hydroxylation sites is 2. The Morgan fingerprint density at radius 3 is 2.73 bits per heavy atom. The second-order valence-corrected chi connectivity index (χ2v) is 6.14. The molecule has 1 heterocycles. The molecule has 134 valence electrons. The van der Waals surface area contributed by atoms with Crippen LogP contribution >= 0.6 is 11.8 Å². The number of aromatic nitrogens is 3. The highest BCUT2D eigenvalue weighted by Crippen LogP contribution is 2.25. The average Bonchev–Trinajstić information content (AvgIpc) is 3.01. The van der Waals surface area contributed by atoms with Gasteiger partial charge in [0.1, 0.15) is 11.6 Å². The molecule has 0 spiro atoms. The molecule has 26 heavy (non-hydrogen) atoms. The van der Waals surface area contributed by atoms with Crippen LogP contribution in [0.1, 0.15) is 0 Å². The molecule has 0 bridgehead atoms. The first kappa shape index (κ1) is 17.7. The van der Waals surface area contributed by atoms with Crippen molar-refractivity contribution in [3.05, 3.63) is 54.3 Å². The number of thioether (sulfide) groups is 1. The molecule has 0 aliphatic rings. The van der Waals surface area contributed by atoms with E-state index in [1.54, 1.807) is 36.4 Å². The molecule has 0 unspecified atom stereocenters. The van der Waals surface area contributed by atoms with Crippen LogP contribution in [-0.4, -0.2) is 33.6 Å².